The Balaban J connectivity index is 1.26. The SMILES string of the molecule is Cc1cccc(F)c1NC(=O)c1cc2c(s1)-c1ccccc1N(C(=O)c1cccc(N(C)CC3CCCO3)n1)CC2. The number of pyridine rings is 1. The van der Waals surface area contributed by atoms with Gasteiger partial charge in [0.2, 0.25) is 0 Å². The third-order valence-electron chi connectivity index (χ3n) is 7.63. The van der Waals surface area contributed by atoms with Crippen LogP contribution in [0.4, 0.5) is 21.6 Å². The number of anilines is 3. The lowest BCUT2D eigenvalue weighted by Crippen LogP contribution is -2.34. The van der Waals surface area contributed by atoms with Gasteiger partial charge in [0.15, 0.2) is 0 Å². The molecule has 6 rings (SSSR count). The first-order chi connectivity index (χ1) is 19.9. The number of nitrogens with zero attached hydrogens (tertiary/aromatic N) is 3. The van der Waals surface area contributed by atoms with Crippen LogP contribution in [-0.4, -0.2) is 49.6 Å². The van der Waals surface area contributed by atoms with Crippen molar-refractivity contribution in [3.05, 3.63) is 94.2 Å². The summed E-state index contributed by atoms with van der Waals surface area (Å²) in [5.74, 6) is -0.260. The van der Waals surface area contributed by atoms with E-state index in [0.29, 0.717) is 29.1 Å². The molecule has 1 atom stereocenters. The highest BCUT2D eigenvalue weighted by Crippen LogP contribution is 2.42. The minimum absolute atomic E-state index is 0.173. The Bertz CT molecular complexity index is 1590. The number of aryl methyl sites for hydroxylation is 1. The molecule has 2 aliphatic rings. The van der Waals surface area contributed by atoms with Crippen molar-refractivity contribution in [1.29, 1.82) is 0 Å². The van der Waals surface area contributed by atoms with Crippen LogP contribution in [-0.2, 0) is 11.2 Å². The number of hydrogen-bond acceptors (Lipinski definition) is 6. The monoisotopic (exact) mass is 570 g/mol. The predicted octanol–water partition coefficient (Wildman–Crippen LogP) is 6.33. The van der Waals surface area contributed by atoms with E-state index in [1.165, 1.54) is 17.4 Å². The second kappa shape index (κ2) is 11.4. The first-order valence-electron chi connectivity index (χ1n) is 13.8. The zero-order valence-corrected chi connectivity index (χ0v) is 23.8. The summed E-state index contributed by atoms with van der Waals surface area (Å²) in [6.45, 7) is 3.72. The van der Waals surface area contributed by atoms with Crippen molar-refractivity contribution in [2.45, 2.75) is 32.3 Å². The van der Waals surface area contributed by atoms with Crippen molar-refractivity contribution in [3.8, 4) is 10.4 Å². The van der Waals surface area contributed by atoms with E-state index in [2.05, 4.69) is 5.32 Å². The summed E-state index contributed by atoms with van der Waals surface area (Å²) >= 11 is 1.35. The van der Waals surface area contributed by atoms with E-state index in [-0.39, 0.29) is 23.6 Å². The maximum atomic E-state index is 14.4. The highest BCUT2D eigenvalue weighted by Gasteiger charge is 2.29. The van der Waals surface area contributed by atoms with Crippen LogP contribution in [0, 0.1) is 12.7 Å². The molecule has 2 amide bonds. The summed E-state index contributed by atoms with van der Waals surface area (Å²) in [6, 6.07) is 19.8. The van der Waals surface area contributed by atoms with Gasteiger partial charge in [0.05, 0.1) is 22.4 Å². The van der Waals surface area contributed by atoms with Crippen LogP contribution in [0.15, 0.2) is 66.7 Å². The standard InChI is InChI=1S/C32H31FN4O3S/c1-20-8-5-11-24(33)29(20)35-31(38)27-18-21-15-16-37(26-13-4-3-10-23(26)30(21)41-27)32(39)25-12-6-14-28(34-25)36(2)19-22-9-7-17-40-22/h3-6,8,10-14,18,22H,7,9,15-17,19H2,1-2H3,(H,35,38). The Morgan fingerprint density at radius 1 is 1.15 bits per heavy atom. The molecular weight excluding hydrogens is 539 g/mol. The molecule has 4 aromatic rings. The van der Waals surface area contributed by atoms with Crippen molar-refractivity contribution < 1.29 is 18.7 Å². The van der Waals surface area contributed by atoms with Crippen molar-refractivity contribution in [2.75, 3.05) is 41.9 Å². The van der Waals surface area contributed by atoms with Crippen LogP contribution in [0.1, 0.15) is 44.1 Å². The number of rotatable bonds is 6. The van der Waals surface area contributed by atoms with Crippen molar-refractivity contribution in [1.82, 2.24) is 4.98 Å². The van der Waals surface area contributed by atoms with Gasteiger partial charge in [0, 0.05) is 37.2 Å². The van der Waals surface area contributed by atoms with E-state index in [0.717, 1.165) is 53.5 Å². The number of carbonyl (C=O) groups excluding carboxylic acids is 2. The molecule has 210 valence electrons. The number of halogens is 1. The predicted molar refractivity (Wildman–Crippen MR) is 161 cm³/mol. The van der Waals surface area contributed by atoms with Gasteiger partial charge in [-0.05, 0) is 67.6 Å². The number of ether oxygens (including phenoxy) is 1. The molecule has 2 aromatic heterocycles. The fourth-order valence-electron chi connectivity index (χ4n) is 5.46. The van der Waals surface area contributed by atoms with Crippen LogP contribution in [0.25, 0.3) is 10.4 Å². The van der Waals surface area contributed by atoms with Gasteiger partial charge in [-0.1, -0.05) is 36.4 Å². The lowest BCUT2D eigenvalue weighted by atomic mass is 10.1. The molecule has 0 aliphatic carbocycles. The number of fused-ring (bicyclic) bond motifs is 3. The fourth-order valence-corrected chi connectivity index (χ4v) is 6.60. The third-order valence-corrected chi connectivity index (χ3v) is 8.84. The minimum Gasteiger partial charge on any atom is -0.376 e. The Hall–Kier alpha value is -4.08. The Morgan fingerprint density at radius 2 is 1.98 bits per heavy atom. The average Bonchev–Trinajstić information content (AvgIpc) is 3.63. The van der Waals surface area contributed by atoms with E-state index in [4.69, 9.17) is 9.72 Å². The van der Waals surface area contributed by atoms with Crippen LogP contribution >= 0.6 is 11.3 Å². The van der Waals surface area contributed by atoms with Crippen LogP contribution in [0.5, 0.6) is 0 Å². The summed E-state index contributed by atoms with van der Waals surface area (Å²) in [5.41, 5.74) is 3.86. The molecule has 0 saturated carbocycles. The Labute approximate surface area is 242 Å². The molecule has 0 radical (unpaired) electrons. The van der Waals surface area contributed by atoms with Crippen LogP contribution in [0.2, 0.25) is 0 Å². The van der Waals surface area contributed by atoms with Crippen molar-refractivity contribution in [3.63, 3.8) is 0 Å². The number of hydrogen-bond donors (Lipinski definition) is 1. The lowest BCUT2D eigenvalue weighted by Gasteiger charge is -2.24. The van der Waals surface area contributed by atoms with E-state index in [1.807, 2.05) is 54.4 Å². The van der Waals surface area contributed by atoms with Crippen LogP contribution in [0.3, 0.4) is 0 Å². The molecule has 0 bridgehead atoms. The zero-order valence-electron chi connectivity index (χ0n) is 23.0. The van der Waals surface area contributed by atoms with Gasteiger partial charge in [-0.2, -0.15) is 0 Å². The summed E-state index contributed by atoms with van der Waals surface area (Å²) in [5, 5.41) is 2.74. The zero-order chi connectivity index (χ0) is 28.5. The number of para-hydroxylation sites is 2. The molecule has 41 heavy (non-hydrogen) atoms. The largest absolute Gasteiger partial charge is 0.376 e. The van der Waals surface area contributed by atoms with Gasteiger partial charge in [0.25, 0.3) is 11.8 Å². The molecule has 4 heterocycles. The topological polar surface area (TPSA) is 74.8 Å². The van der Waals surface area contributed by atoms with Gasteiger partial charge in [0.1, 0.15) is 17.3 Å². The van der Waals surface area contributed by atoms with E-state index in [1.54, 1.807) is 30.0 Å². The lowest BCUT2D eigenvalue weighted by molar-refractivity contribution is 0.0981. The second-order valence-electron chi connectivity index (χ2n) is 10.5. The number of nitrogens with one attached hydrogen (secondary N) is 1. The van der Waals surface area contributed by atoms with E-state index < -0.39 is 5.82 Å². The van der Waals surface area contributed by atoms with Gasteiger partial charge in [-0.25, -0.2) is 9.37 Å². The number of likely N-dealkylation sites (N-methyl/N-ethyl adjacent to an activating group) is 1. The first kappa shape index (κ1) is 27.1. The Kier molecular flexibility index (Phi) is 7.55. The molecule has 7 nitrogen and oxygen atoms in total. The average molecular weight is 571 g/mol. The van der Waals surface area contributed by atoms with Crippen LogP contribution < -0.4 is 15.1 Å². The number of amides is 2. The Morgan fingerprint density at radius 3 is 2.78 bits per heavy atom. The molecule has 1 saturated heterocycles. The molecule has 0 spiro atoms. The third kappa shape index (κ3) is 5.47. The fraction of sp³-hybridized carbons (Fsp3) is 0.281. The summed E-state index contributed by atoms with van der Waals surface area (Å²) in [4.78, 5) is 37.0. The minimum atomic E-state index is -0.466. The van der Waals surface area contributed by atoms with E-state index in [9.17, 15) is 14.0 Å². The first-order valence-corrected chi connectivity index (χ1v) is 14.6. The maximum Gasteiger partial charge on any atom is 0.276 e. The van der Waals surface area contributed by atoms with E-state index >= 15 is 0 Å². The maximum absolute atomic E-state index is 14.4. The number of thiophene rings is 1. The summed E-state index contributed by atoms with van der Waals surface area (Å²) in [7, 11) is 1.97. The molecule has 1 N–H and O–H groups in total. The normalized spacial score (nSPS) is 16.1. The highest BCUT2D eigenvalue weighted by molar-refractivity contribution is 7.17. The van der Waals surface area contributed by atoms with Gasteiger partial charge < -0.3 is 19.9 Å². The van der Waals surface area contributed by atoms with Gasteiger partial charge in [-0.3, -0.25) is 9.59 Å². The highest BCUT2D eigenvalue weighted by atomic mass is 32.1. The molecule has 9 heteroatoms. The smallest absolute Gasteiger partial charge is 0.276 e. The van der Waals surface area contributed by atoms with Crippen molar-refractivity contribution in [2.24, 2.45) is 0 Å². The molecule has 2 aliphatic heterocycles. The summed E-state index contributed by atoms with van der Waals surface area (Å²) < 4.78 is 20.1. The quantitative estimate of drug-likeness (QED) is 0.293. The summed E-state index contributed by atoms with van der Waals surface area (Å²) in [6.07, 6.45) is 2.85. The second-order valence-corrected chi connectivity index (χ2v) is 11.5. The number of benzene rings is 2. The van der Waals surface area contributed by atoms with Gasteiger partial charge in [-0.15, -0.1) is 11.3 Å². The number of carbonyl (C=O) groups is 2. The van der Waals surface area contributed by atoms with Gasteiger partial charge >= 0.3 is 0 Å². The molecular formula is C32H31FN4O3S. The molecule has 2 aromatic carbocycles. The molecule has 1 fully saturated rings. The van der Waals surface area contributed by atoms with Crippen molar-refractivity contribution >= 4 is 40.3 Å². The number of aromatic nitrogens is 1. The molecule has 1 unspecified atom stereocenters.